The first-order valence-electron chi connectivity index (χ1n) is 6.22. The SMILES string of the molecule is Cc1c2c(F)c(Br)ccc2nn1Cc1cc(F)cc(F)c1. The molecule has 0 atom stereocenters. The van der Waals surface area contributed by atoms with Gasteiger partial charge in [-0.1, -0.05) is 0 Å². The van der Waals surface area contributed by atoms with Crippen molar-refractivity contribution in [3.05, 3.63) is 63.5 Å². The molecule has 0 aliphatic carbocycles. The van der Waals surface area contributed by atoms with Crippen molar-refractivity contribution < 1.29 is 13.2 Å². The van der Waals surface area contributed by atoms with Gasteiger partial charge < -0.3 is 0 Å². The van der Waals surface area contributed by atoms with Gasteiger partial charge in [-0.15, -0.1) is 0 Å². The van der Waals surface area contributed by atoms with Gasteiger partial charge in [0.05, 0.1) is 21.9 Å². The van der Waals surface area contributed by atoms with E-state index >= 15 is 0 Å². The van der Waals surface area contributed by atoms with Crippen molar-refractivity contribution in [1.29, 1.82) is 0 Å². The molecule has 0 unspecified atom stereocenters. The second-order valence-corrected chi connectivity index (χ2v) is 5.63. The Morgan fingerprint density at radius 2 is 1.76 bits per heavy atom. The molecule has 0 fully saturated rings. The predicted octanol–water partition coefficient (Wildman–Crippen LogP) is 4.57. The van der Waals surface area contributed by atoms with E-state index < -0.39 is 11.6 Å². The third kappa shape index (κ3) is 2.55. The molecule has 2 aromatic carbocycles. The van der Waals surface area contributed by atoms with Crippen LogP contribution in [0.4, 0.5) is 13.2 Å². The van der Waals surface area contributed by atoms with E-state index in [0.29, 0.717) is 26.6 Å². The van der Waals surface area contributed by atoms with Crippen molar-refractivity contribution in [3.63, 3.8) is 0 Å². The van der Waals surface area contributed by atoms with Crippen LogP contribution in [0.3, 0.4) is 0 Å². The molecule has 2 nitrogen and oxygen atoms in total. The van der Waals surface area contributed by atoms with Crippen LogP contribution in [0.25, 0.3) is 10.9 Å². The number of fused-ring (bicyclic) bond motifs is 1. The van der Waals surface area contributed by atoms with Crippen LogP contribution in [-0.4, -0.2) is 9.78 Å². The van der Waals surface area contributed by atoms with Crippen molar-refractivity contribution in [2.75, 3.05) is 0 Å². The van der Waals surface area contributed by atoms with Gasteiger partial charge in [0, 0.05) is 11.8 Å². The van der Waals surface area contributed by atoms with Gasteiger partial charge in [0.1, 0.15) is 17.5 Å². The summed E-state index contributed by atoms with van der Waals surface area (Å²) in [7, 11) is 0. The molecular weight excluding hydrogens is 345 g/mol. The Bertz CT molecular complexity index is 822. The molecule has 0 saturated carbocycles. The lowest BCUT2D eigenvalue weighted by molar-refractivity contribution is 0.573. The number of hydrogen-bond donors (Lipinski definition) is 0. The zero-order valence-electron chi connectivity index (χ0n) is 11.0. The van der Waals surface area contributed by atoms with Crippen molar-refractivity contribution in [2.24, 2.45) is 0 Å². The van der Waals surface area contributed by atoms with Gasteiger partial charge in [-0.25, -0.2) is 13.2 Å². The normalized spacial score (nSPS) is 11.3. The van der Waals surface area contributed by atoms with Crippen LogP contribution in [0.1, 0.15) is 11.3 Å². The van der Waals surface area contributed by atoms with Crippen molar-refractivity contribution in [2.45, 2.75) is 13.5 Å². The summed E-state index contributed by atoms with van der Waals surface area (Å²) < 4.78 is 42.4. The highest BCUT2D eigenvalue weighted by atomic mass is 79.9. The summed E-state index contributed by atoms with van der Waals surface area (Å²) in [6.07, 6.45) is 0. The molecule has 6 heteroatoms. The second-order valence-electron chi connectivity index (χ2n) is 4.78. The van der Waals surface area contributed by atoms with E-state index in [4.69, 9.17) is 0 Å². The summed E-state index contributed by atoms with van der Waals surface area (Å²) in [6, 6.07) is 6.56. The lowest BCUT2D eigenvalue weighted by atomic mass is 10.2. The van der Waals surface area contributed by atoms with Gasteiger partial charge in [-0.3, -0.25) is 4.68 Å². The third-order valence-corrected chi connectivity index (χ3v) is 3.92. The standard InChI is InChI=1S/C15H10BrF3N2/c1-8-14-13(3-2-12(16)15(14)19)20-21(8)7-9-4-10(17)6-11(18)5-9/h2-6H,7H2,1H3. The largest absolute Gasteiger partial charge is 0.264 e. The van der Waals surface area contributed by atoms with Gasteiger partial charge in [-0.2, -0.15) is 5.10 Å². The Kier molecular flexibility index (Phi) is 3.49. The van der Waals surface area contributed by atoms with E-state index in [0.717, 1.165) is 6.07 Å². The lowest BCUT2D eigenvalue weighted by Gasteiger charge is -2.05. The molecule has 0 aliphatic heterocycles. The van der Waals surface area contributed by atoms with Crippen LogP contribution in [0.2, 0.25) is 0 Å². The summed E-state index contributed by atoms with van der Waals surface area (Å²) in [6.45, 7) is 1.90. The first-order chi connectivity index (χ1) is 9.95. The molecule has 1 heterocycles. The molecule has 0 bridgehead atoms. The molecule has 108 valence electrons. The van der Waals surface area contributed by atoms with Gasteiger partial charge in [-0.05, 0) is 52.7 Å². The maximum atomic E-state index is 14.1. The summed E-state index contributed by atoms with van der Waals surface area (Å²) in [5.41, 5.74) is 1.54. The van der Waals surface area contributed by atoms with E-state index in [1.54, 1.807) is 19.1 Å². The highest BCUT2D eigenvalue weighted by Gasteiger charge is 2.14. The second kappa shape index (κ2) is 5.18. The van der Waals surface area contributed by atoms with Crippen LogP contribution in [-0.2, 0) is 6.54 Å². The topological polar surface area (TPSA) is 17.8 Å². The average Bonchev–Trinajstić information content (AvgIpc) is 2.70. The Morgan fingerprint density at radius 3 is 2.43 bits per heavy atom. The number of aromatic nitrogens is 2. The molecule has 21 heavy (non-hydrogen) atoms. The first kappa shape index (κ1) is 14.1. The molecule has 0 spiro atoms. The third-order valence-electron chi connectivity index (χ3n) is 3.30. The number of rotatable bonds is 2. The Hall–Kier alpha value is -1.82. The number of hydrogen-bond acceptors (Lipinski definition) is 1. The molecule has 0 amide bonds. The van der Waals surface area contributed by atoms with Gasteiger partial charge in [0.2, 0.25) is 0 Å². The maximum absolute atomic E-state index is 14.1. The van der Waals surface area contributed by atoms with Crippen LogP contribution < -0.4 is 0 Å². The van der Waals surface area contributed by atoms with Crippen molar-refractivity contribution in [3.8, 4) is 0 Å². The highest BCUT2D eigenvalue weighted by molar-refractivity contribution is 9.10. The fourth-order valence-corrected chi connectivity index (χ4v) is 2.66. The van der Waals surface area contributed by atoms with E-state index in [2.05, 4.69) is 21.0 Å². The highest BCUT2D eigenvalue weighted by Crippen LogP contribution is 2.27. The fraction of sp³-hybridized carbons (Fsp3) is 0.133. The van der Waals surface area contributed by atoms with Gasteiger partial charge >= 0.3 is 0 Å². The zero-order chi connectivity index (χ0) is 15.1. The smallest absolute Gasteiger partial charge is 0.148 e. The van der Waals surface area contributed by atoms with Crippen LogP contribution in [0.15, 0.2) is 34.8 Å². The number of aryl methyl sites for hydroxylation is 1. The van der Waals surface area contributed by atoms with Crippen LogP contribution in [0, 0.1) is 24.4 Å². The summed E-state index contributed by atoms with van der Waals surface area (Å²) in [5, 5.41) is 4.68. The molecular formula is C15H10BrF3N2. The number of nitrogens with zero attached hydrogens (tertiary/aromatic N) is 2. The minimum atomic E-state index is -0.645. The molecule has 0 radical (unpaired) electrons. The molecule has 3 aromatic rings. The summed E-state index contributed by atoms with van der Waals surface area (Å²) >= 11 is 3.13. The van der Waals surface area contributed by atoms with Gasteiger partial charge in [0.15, 0.2) is 0 Å². The first-order valence-corrected chi connectivity index (χ1v) is 7.01. The van der Waals surface area contributed by atoms with E-state index in [9.17, 15) is 13.2 Å². The van der Waals surface area contributed by atoms with E-state index in [1.165, 1.54) is 16.8 Å². The van der Waals surface area contributed by atoms with Crippen LogP contribution in [0.5, 0.6) is 0 Å². The van der Waals surface area contributed by atoms with E-state index in [-0.39, 0.29) is 12.4 Å². The predicted molar refractivity (Wildman–Crippen MR) is 77.6 cm³/mol. The number of benzene rings is 2. The van der Waals surface area contributed by atoms with Crippen LogP contribution >= 0.6 is 15.9 Å². The molecule has 1 aromatic heterocycles. The monoisotopic (exact) mass is 354 g/mol. The number of halogens is 4. The average molecular weight is 355 g/mol. The zero-order valence-corrected chi connectivity index (χ0v) is 12.6. The lowest BCUT2D eigenvalue weighted by Crippen LogP contribution is -2.04. The van der Waals surface area contributed by atoms with Gasteiger partial charge in [0.25, 0.3) is 0 Å². The van der Waals surface area contributed by atoms with Crippen molar-refractivity contribution in [1.82, 2.24) is 9.78 Å². The molecule has 0 aliphatic rings. The minimum absolute atomic E-state index is 0.173. The minimum Gasteiger partial charge on any atom is -0.264 e. The summed E-state index contributed by atoms with van der Waals surface area (Å²) in [5.74, 6) is -1.68. The molecule has 0 N–H and O–H groups in total. The van der Waals surface area contributed by atoms with E-state index in [1.807, 2.05) is 0 Å². The summed E-state index contributed by atoms with van der Waals surface area (Å²) in [4.78, 5) is 0. The Balaban J connectivity index is 2.09. The quantitative estimate of drug-likeness (QED) is 0.658. The Morgan fingerprint density at radius 1 is 1.10 bits per heavy atom. The maximum Gasteiger partial charge on any atom is 0.148 e. The van der Waals surface area contributed by atoms with Crippen molar-refractivity contribution >= 4 is 26.8 Å². The Labute approximate surface area is 127 Å². The fourth-order valence-electron chi connectivity index (χ4n) is 2.33. The molecule has 0 saturated heterocycles. The molecule has 3 rings (SSSR count).